The minimum Gasteiger partial charge on any atom is -0.349 e. The molecule has 0 radical (unpaired) electrons. The topological polar surface area (TPSA) is 53.5 Å². The van der Waals surface area contributed by atoms with E-state index in [0.717, 1.165) is 11.3 Å². The smallest absolute Gasteiger partial charge is 0.277 e. The lowest BCUT2D eigenvalue weighted by molar-refractivity contribution is -0.127. The predicted octanol–water partition coefficient (Wildman–Crippen LogP) is 2.83. The number of hydrogen-bond donors (Lipinski definition) is 0. The molecule has 0 atom stereocenters. The highest BCUT2D eigenvalue weighted by Gasteiger charge is 2.22. The molecular weight excluding hydrogens is 310 g/mol. The Bertz CT molecular complexity index is 664. The first-order valence-corrected chi connectivity index (χ1v) is 8.35. The van der Waals surface area contributed by atoms with E-state index >= 15 is 0 Å². The van der Waals surface area contributed by atoms with Crippen molar-refractivity contribution < 1.29 is 9.59 Å². The Morgan fingerprint density at radius 3 is 2.30 bits per heavy atom. The first-order valence-electron chi connectivity index (χ1n) is 7.41. The van der Waals surface area contributed by atoms with Gasteiger partial charge in [0.2, 0.25) is 5.91 Å². The van der Waals surface area contributed by atoms with Crippen molar-refractivity contribution >= 4 is 28.8 Å². The summed E-state index contributed by atoms with van der Waals surface area (Å²) >= 11 is 1.40. The van der Waals surface area contributed by atoms with Crippen molar-refractivity contribution in [2.75, 3.05) is 19.0 Å². The third-order valence-corrected chi connectivity index (χ3v) is 4.04. The van der Waals surface area contributed by atoms with Gasteiger partial charge < -0.3 is 9.80 Å². The standard InChI is InChI=1S/C17H21N3O2S/c1-12(2)20(17(22)15-10-23-11-18-15)14-7-5-13(6-8-14)9-16(21)19(3)4/h5-8,10-12H,9H2,1-4H3. The summed E-state index contributed by atoms with van der Waals surface area (Å²) in [5, 5.41) is 1.75. The number of carbonyl (C=O) groups is 2. The number of amides is 2. The molecule has 0 spiro atoms. The number of anilines is 1. The Hall–Kier alpha value is -2.21. The molecule has 0 bridgehead atoms. The Labute approximate surface area is 140 Å². The molecule has 1 heterocycles. The van der Waals surface area contributed by atoms with E-state index in [-0.39, 0.29) is 17.9 Å². The molecule has 1 aromatic carbocycles. The van der Waals surface area contributed by atoms with Crippen LogP contribution in [0.1, 0.15) is 29.9 Å². The fourth-order valence-electron chi connectivity index (χ4n) is 2.20. The third-order valence-electron chi connectivity index (χ3n) is 3.46. The van der Waals surface area contributed by atoms with E-state index < -0.39 is 0 Å². The average molecular weight is 331 g/mol. The summed E-state index contributed by atoms with van der Waals surface area (Å²) in [4.78, 5) is 31.7. The van der Waals surface area contributed by atoms with Crippen molar-refractivity contribution in [1.29, 1.82) is 0 Å². The molecule has 122 valence electrons. The molecule has 5 nitrogen and oxygen atoms in total. The molecule has 0 saturated heterocycles. The summed E-state index contributed by atoms with van der Waals surface area (Å²) in [6.45, 7) is 3.93. The predicted molar refractivity (Wildman–Crippen MR) is 92.9 cm³/mol. The van der Waals surface area contributed by atoms with E-state index in [0.29, 0.717) is 12.1 Å². The van der Waals surface area contributed by atoms with Crippen LogP contribution in [0.5, 0.6) is 0 Å². The van der Waals surface area contributed by atoms with E-state index in [1.807, 2.05) is 38.1 Å². The number of nitrogens with zero attached hydrogens (tertiary/aromatic N) is 3. The summed E-state index contributed by atoms with van der Waals surface area (Å²) in [7, 11) is 3.48. The lowest BCUT2D eigenvalue weighted by atomic mass is 10.1. The monoisotopic (exact) mass is 331 g/mol. The Morgan fingerprint density at radius 2 is 1.83 bits per heavy atom. The number of aromatic nitrogens is 1. The van der Waals surface area contributed by atoms with Gasteiger partial charge in [-0.3, -0.25) is 9.59 Å². The summed E-state index contributed by atoms with van der Waals surface area (Å²) in [6.07, 6.45) is 0.356. The zero-order valence-corrected chi connectivity index (χ0v) is 14.6. The molecule has 2 aromatic rings. The summed E-state index contributed by atoms with van der Waals surface area (Å²) in [5.41, 5.74) is 3.84. The highest BCUT2D eigenvalue weighted by atomic mass is 32.1. The summed E-state index contributed by atoms with van der Waals surface area (Å²) < 4.78 is 0. The van der Waals surface area contributed by atoms with Crippen LogP contribution in [-0.4, -0.2) is 41.8 Å². The molecule has 6 heteroatoms. The number of thiazole rings is 1. The van der Waals surface area contributed by atoms with Gasteiger partial charge in [0.1, 0.15) is 5.69 Å². The zero-order chi connectivity index (χ0) is 17.0. The van der Waals surface area contributed by atoms with Gasteiger partial charge in [-0.05, 0) is 31.5 Å². The van der Waals surface area contributed by atoms with Gasteiger partial charge in [-0.2, -0.15) is 0 Å². The number of hydrogen-bond acceptors (Lipinski definition) is 4. The number of likely N-dealkylation sites (N-methyl/N-ethyl adjacent to an activating group) is 1. The SMILES string of the molecule is CC(C)N(C(=O)c1cscn1)c1ccc(CC(=O)N(C)C)cc1. The van der Waals surface area contributed by atoms with E-state index in [9.17, 15) is 9.59 Å². The third kappa shape index (κ3) is 4.16. The highest BCUT2D eigenvalue weighted by molar-refractivity contribution is 7.07. The van der Waals surface area contributed by atoms with Crippen molar-refractivity contribution in [2.45, 2.75) is 26.3 Å². The van der Waals surface area contributed by atoms with Crippen LogP contribution in [0.3, 0.4) is 0 Å². The fourth-order valence-corrected chi connectivity index (χ4v) is 2.72. The van der Waals surface area contributed by atoms with Gasteiger partial charge in [0.15, 0.2) is 0 Å². The van der Waals surface area contributed by atoms with Crippen LogP contribution in [0.15, 0.2) is 35.2 Å². The van der Waals surface area contributed by atoms with Crippen LogP contribution in [0.2, 0.25) is 0 Å². The second-order valence-corrected chi connectivity index (χ2v) is 6.49. The van der Waals surface area contributed by atoms with Crippen molar-refractivity contribution in [3.05, 3.63) is 46.4 Å². The van der Waals surface area contributed by atoms with Gasteiger partial charge in [-0.15, -0.1) is 11.3 Å². The van der Waals surface area contributed by atoms with Gasteiger partial charge in [0.05, 0.1) is 11.9 Å². The molecule has 0 aliphatic carbocycles. The first kappa shape index (κ1) is 17.1. The van der Waals surface area contributed by atoms with Gasteiger partial charge in [-0.25, -0.2) is 4.98 Å². The zero-order valence-electron chi connectivity index (χ0n) is 13.8. The fraction of sp³-hybridized carbons (Fsp3) is 0.353. The van der Waals surface area contributed by atoms with Crippen molar-refractivity contribution in [3.8, 4) is 0 Å². The molecule has 1 aromatic heterocycles. The van der Waals surface area contributed by atoms with Crippen molar-refractivity contribution in [3.63, 3.8) is 0 Å². The Balaban J connectivity index is 2.21. The van der Waals surface area contributed by atoms with Gasteiger partial charge in [0, 0.05) is 31.2 Å². The maximum Gasteiger partial charge on any atom is 0.277 e. The van der Waals surface area contributed by atoms with E-state index in [1.165, 1.54) is 11.3 Å². The van der Waals surface area contributed by atoms with E-state index in [1.54, 1.807) is 34.8 Å². The molecule has 0 aliphatic rings. The van der Waals surface area contributed by atoms with Gasteiger partial charge >= 0.3 is 0 Å². The Kier molecular flexibility index (Phi) is 5.50. The maximum absolute atomic E-state index is 12.6. The van der Waals surface area contributed by atoms with Crippen LogP contribution in [-0.2, 0) is 11.2 Å². The lowest BCUT2D eigenvalue weighted by Gasteiger charge is -2.26. The molecule has 0 unspecified atom stereocenters. The largest absolute Gasteiger partial charge is 0.349 e. The minimum absolute atomic E-state index is 0.0125. The van der Waals surface area contributed by atoms with Crippen LogP contribution in [0.25, 0.3) is 0 Å². The van der Waals surface area contributed by atoms with E-state index in [2.05, 4.69) is 4.98 Å². The summed E-state index contributed by atoms with van der Waals surface area (Å²) in [5.74, 6) is -0.0598. The second-order valence-electron chi connectivity index (χ2n) is 5.77. The number of carbonyl (C=O) groups excluding carboxylic acids is 2. The van der Waals surface area contributed by atoms with Crippen LogP contribution >= 0.6 is 11.3 Å². The molecule has 0 aliphatic heterocycles. The quantitative estimate of drug-likeness (QED) is 0.846. The molecular formula is C17H21N3O2S. The van der Waals surface area contributed by atoms with E-state index in [4.69, 9.17) is 0 Å². The highest BCUT2D eigenvalue weighted by Crippen LogP contribution is 2.21. The van der Waals surface area contributed by atoms with Crippen LogP contribution < -0.4 is 4.90 Å². The Morgan fingerprint density at radius 1 is 1.17 bits per heavy atom. The van der Waals surface area contributed by atoms with Crippen LogP contribution in [0, 0.1) is 0 Å². The molecule has 0 N–H and O–H groups in total. The molecule has 0 fully saturated rings. The first-order chi connectivity index (χ1) is 10.9. The minimum atomic E-state index is -0.113. The molecule has 2 amide bonds. The van der Waals surface area contributed by atoms with Gasteiger partial charge in [-0.1, -0.05) is 12.1 Å². The summed E-state index contributed by atoms with van der Waals surface area (Å²) in [6, 6.07) is 7.55. The average Bonchev–Trinajstić information content (AvgIpc) is 3.03. The maximum atomic E-state index is 12.6. The second kappa shape index (κ2) is 7.37. The van der Waals surface area contributed by atoms with Gasteiger partial charge in [0.25, 0.3) is 5.91 Å². The van der Waals surface area contributed by atoms with Crippen LogP contribution in [0.4, 0.5) is 5.69 Å². The molecule has 0 saturated carbocycles. The molecule has 23 heavy (non-hydrogen) atoms. The molecule has 2 rings (SSSR count). The number of rotatable bonds is 5. The normalized spacial score (nSPS) is 10.7. The number of benzene rings is 1. The van der Waals surface area contributed by atoms with Crippen molar-refractivity contribution in [1.82, 2.24) is 9.88 Å². The lowest BCUT2D eigenvalue weighted by Crippen LogP contribution is -2.37. The van der Waals surface area contributed by atoms with Crippen molar-refractivity contribution in [2.24, 2.45) is 0 Å².